The highest BCUT2D eigenvalue weighted by atomic mass is 16.5. The van der Waals surface area contributed by atoms with Crippen LogP contribution < -0.4 is 0 Å². The number of rotatable bonds is 8. The highest BCUT2D eigenvalue weighted by Gasteiger charge is 2.59. The van der Waals surface area contributed by atoms with E-state index < -0.39 is 0 Å². The maximum absolute atomic E-state index is 12.1. The highest BCUT2D eigenvalue weighted by Crippen LogP contribution is 2.67. The molecule has 0 amide bonds. The summed E-state index contributed by atoms with van der Waals surface area (Å²) in [5.41, 5.74) is 2.54. The van der Waals surface area contributed by atoms with Gasteiger partial charge >= 0.3 is 5.97 Å². The van der Waals surface area contributed by atoms with Gasteiger partial charge in [-0.25, -0.2) is 0 Å². The van der Waals surface area contributed by atoms with Gasteiger partial charge in [-0.05, 0) is 97.7 Å². The minimum atomic E-state index is 0.00772. The Hall–Kier alpha value is -0.790. The molecule has 0 saturated heterocycles. The molecule has 0 aromatic heterocycles. The van der Waals surface area contributed by atoms with Crippen molar-refractivity contribution in [3.05, 3.63) is 11.6 Å². The number of hydrogen-bond donors (Lipinski definition) is 0. The van der Waals surface area contributed by atoms with E-state index in [1.165, 1.54) is 57.8 Å². The summed E-state index contributed by atoms with van der Waals surface area (Å²) >= 11 is 0. The molecule has 0 bridgehead atoms. The van der Waals surface area contributed by atoms with Crippen molar-refractivity contribution >= 4 is 5.97 Å². The molecular formula is C31H52O2. The molecule has 0 aromatic carbocycles. The van der Waals surface area contributed by atoms with Crippen molar-refractivity contribution in [2.24, 2.45) is 46.3 Å². The maximum atomic E-state index is 12.1. The summed E-state index contributed by atoms with van der Waals surface area (Å²) in [6, 6.07) is 0. The van der Waals surface area contributed by atoms with Crippen LogP contribution in [0.25, 0.3) is 0 Å². The summed E-state index contributed by atoms with van der Waals surface area (Å²) in [5.74, 6) is 5.31. The highest BCUT2D eigenvalue weighted by molar-refractivity contribution is 5.69. The van der Waals surface area contributed by atoms with Gasteiger partial charge in [0.2, 0.25) is 0 Å². The molecular weight excluding hydrogens is 404 g/mol. The van der Waals surface area contributed by atoms with E-state index in [-0.39, 0.29) is 12.1 Å². The smallest absolute Gasteiger partial charge is 0.306 e. The molecule has 33 heavy (non-hydrogen) atoms. The lowest BCUT2D eigenvalue weighted by molar-refractivity contribution is -0.151. The van der Waals surface area contributed by atoms with Crippen LogP contribution in [0, 0.1) is 46.3 Å². The van der Waals surface area contributed by atoms with Crippen LogP contribution in [0.15, 0.2) is 11.6 Å². The minimum absolute atomic E-state index is 0.00772. The molecule has 8 atom stereocenters. The Morgan fingerprint density at radius 3 is 2.58 bits per heavy atom. The third kappa shape index (κ3) is 4.84. The van der Waals surface area contributed by atoms with Gasteiger partial charge in [0.25, 0.3) is 0 Å². The second kappa shape index (κ2) is 10.1. The summed E-state index contributed by atoms with van der Waals surface area (Å²) in [4.78, 5) is 12.1. The van der Waals surface area contributed by atoms with E-state index in [9.17, 15) is 4.79 Å². The largest absolute Gasteiger partial charge is 0.462 e. The Morgan fingerprint density at radius 1 is 1.06 bits per heavy atom. The first-order chi connectivity index (χ1) is 15.7. The van der Waals surface area contributed by atoms with Crippen molar-refractivity contribution in [1.82, 2.24) is 0 Å². The monoisotopic (exact) mass is 456 g/mol. The van der Waals surface area contributed by atoms with Gasteiger partial charge in [0, 0.05) is 12.8 Å². The van der Waals surface area contributed by atoms with E-state index in [2.05, 4.69) is 47.6 Å². The van der Waals surface area contributed by atoms with Crippen LogP contribution in [-0.2, 0) is 9.53 Å². The van der Waals surface area contributed by atoms with Gasteiger partial charge < -0.3 is 4.74 Å². The van der Waals surface area contributed by atoms with Gasteiger partial charge in [0.15, 0.2) is 0 Å². The van der Waals surface area contributed by atoms with Crippen LogP contribution in [0.3, 0.4) is 0 Å². The maximum Gasteiger partial charge on any atom is 0.306 e. The molecule has 2 heteroatoms. The molecule has 4 aliphatic rings. The SMILES string of the molecule is CCCC(=O)O[C@H]1CC[C@@]2(C)C(=CCC3[C@@H]4CC[C@H]([C@H](C)CCCC(C)C)[C@@]4(C)CC[C@@H]32)C1. The van der Waals surface area contributed by atoms with Gasteiger partial charge in [-0.15, -0.1) is 0 Å². The van der Waals surface area contributed by atoms with E-state index in [1.54, 1.807) is 5.57 Å². The Balaban J connectivity index is 1.43. The normalized spacial score (nSPS) is 41.1. The second-order valence-electron chi connectivity index (χ2n) is 13.4. The number of allylic oxidation sites excluding steroid dienone is 1. The van der Waals surface area contributed by atoms with E-state index in [4.69, 9.17) is 4.74 Å². The zero-order valence-corrected chi connectivity index (χ0v) is 22.6. The van der Waals surface area contributed by atoms with Crippen LogP contribution in [0.1, 0.15) is 125 Å². The fourth-order valence-corrected chi connectivity index (χ4v) is 9.20. The fraction of sp³-hybridized carbons (Fsp3) is 0.903. The molecule has 3 fully saturated rings. The predicted octanol–water partition coefficient (Wildman–Crippen LogP) is 8.74. The van der Waals surface area contributed by atoms with Crippen LogP contribution in [0.4, 0.5) is 0 Å². The summed E-state index contributed by atoms with van der Waals surface area (Å²) in [7, 11) is 0. The molecule has 188 valence electrons. The lowest BCUT2D eigenvalue weighted by Gasteiger charge is -2.58. The molecule has 0 N–H and O–H groups in total. The average Bonchev–Trinajstić information content (AvgIpc) is 3.11. The molecule has 0 spiro atoms. The quantitative estimate of drug-likeness (QED) is 0.269. The Labute approximate surface area is 204 Å². The van der Waals surface area contributed by atoms with Crippen molar-refractivity contribution in [2.45, 2.75) is 131 Å². The summed E-state index contributed by atoms with van der Waals surface area (Å²) in [5, 5.41) is 0. The van der Waals surface area contributed by atoms with Crippen LogP contribution in [0.5, 0.6) is 0 Å². The van der Waals surface area contributed by atoms with Crippen molar-refractivity contribution < 1.29 is 9.53 Å². The Morgan fingerprint density at radius 2 is 1.85 bits per heavy atom. The summed E-state index contributed by atoms with van der Waals surface area (Å²) in [6.45, 7) is 14.6. The first-order valence-electron chi connectivity index (χ1n) is 14.6. The lowest BCUT2D eigenvalue weighted by Crippen LogP contribution is -2.51. The van der Waals surface area contributed by atoms with Crippen molar-refractivity contribution in [1.29, 1.82) is 0 Å². The lowest BCUT2D eigenvalue weighted by atomic mass is 9.47. The van der Waals surface area contributed by atoms with Gasteiger partial charge in [0.05, 0.1) is 0 Å². The van der Waals surface area contributed by atoms with Crippen molar-refractivity contribution in [3.63, 3.8) is 0 Å². The Kier molecular flexibility index (Phi) is 7.72. The van der Waals surface area contributed by atoms with Gasteiger partial charge in [0.1, 0.15) is 6.10 Å². The number of hydrogen-bond acceptors (Lipinski definition) is 2. The zero-order valence-electron chi connectivity index (χ0n) is 22.6. The second-order valence-corrected chi connectivity index (χ2v) is 13.4. The third-order valence-corrected chi connectivity index (χ3v) is 11.0. The number of carbonyl (C=O) groups is 1. The van der Waals surface area contributed by atoms with E-state index in [0.29, 0.717) is 17.3 Å². The van der Waals surface area contributed by atoms with Crippen LogP contribution in [0.2, 0.25) is 0 Å². The number of carbonyl (C=O) groups excluding carboxylic acids is 1. The first-order valence-corrected chi connectivity index (χ1v) is 14.6. The predicted molar refractivity (Wildman–Crippen MR) is 138 cm³/mol. The molecule has 2 nitrogen and oxygen atoms in total. The summed E-state index contributed by atoms with van der Waals surface area (Å²) in [6.07, 6.45) is 18.8. The van der Waals surface area contributed by atoms with Gasteiger partial charge in [-0.1, -0.05) is 72.5 Å². The molecule has 4 rings (SSSR count). The van der Waals surface area contributed by atoms with Crippen LogP contribution in [-0.4, -0.2) is 12.1 Å². The van der Waals surface area contributed by atoms with E-state index in [0.717, 1.165) is 54.8 Å². The minimum Gasteiger partial charge on any atom is -0.462 e. The van der Waals surface area contributed by atoms with Crippen LogP contribution >= 0.6 is 0 Å². The average molecular weight is 457 g/mol. The first kappa shape index (κ1) is 25.3. The van der Waals surface area contributed by atoms with Crippen molar-refractivity contribution in [2.75, 3.05) is 0 Å². The fourth-order valence-electron chi connectivity index (χ4n) is 9.20. The topological polar surface area (TPSA) is 26.3 Å². The standard InChI is InChI=1S/C31H52O2/c1-7-9-29(32)33-24-16-18-30(5)23(20-24)12-13-25-27-15-14-26(22(4)11-8-10-21(2)3)31(27,6)19-17-28(25)30/h12,21-22,24-28H,7-11,13-20H2,1-6H3/t22-,24+,25?,26-,27+,28+,30+,31-/m1/s1. The summed E-state index contributed by atoms with van der Waals surface area (Å²) < 4.78 is 5.85. The zero-order chi connectivity index (χ0) is 23.8. The molecule has 0 radical (unpaired) electrons. The molecule has 0 aromatic rings. The van der Waals surface area contributed by atoms with Gasteiger partial charge in [-0.3, -0.25) is 4.79 Å². The number of ether oxygens (including phenoxy) is 1. The van der Waals surface area contributed by atoms with Crippen molar-refractivity contribution in [3.8, 4) is 0 Å². The Bertz CT molecular complexity index is 722. The molecule has 0 heterocycles. The van der Waals surface area contributed by atoms with Gasteiger partial charge in [-0.2, -0.15) is 0 Å². The molecule has 0 aliphatic heterocycles. The number of fused-ring (bicyclic) bond motifs is 5. The molecule has 4 aliphatic carbocycles. The van der Waals surface area contributed by atoms with E-state index >= 15 is 0 Å². The number of esters is 1. The third-order valence-electron chi connectivity index (χ3n) is 11.0. The van der Waals surface area contributed by atoms with E-state index in [1.807, 2.05) is 0 Å². The molecule has 3 saturated carbocycles. The molecule has 1 unspecified atom stereocenters.